The van der Waals surface area contributed by atoms with Crippen molar-refractivity contribution in [3.63, 3.8) is 0 Å². The molecule has 124 valence electrons. The molecule has 0 atom stereocenters. The van der Waals surface area contributed by atoms with Crippen LogP contribution in [-0.2, 0) is 6.18 Å². The van der Waals surface area contributed by atoms with Gasteiger partial charge in [-0.1, -0.05) is 11.6 Å². The number of aromatic nitrogens is 1. The van der Waals surface area contributed by atoms with Crippen LogP contribution in [0.15, 0.2) is 48.7 Å². The molecule has 24 heavy (non-hydrogen) atoms. The summed E-state index contributed by atoms with van der Waals surface area (Å²) in [4.78, 5) is 10.8. The summed E-state index contributed by atoms with van der Waals surface area (Å²) >= 11 is 6.05. The lowest BCUT2D eigenvalue weighted by Crippen LogP contribution is -2.16. The van der Waals surface area contributed by atoms with Crippen molar-refractivity contribution in [1.29, 1.82) is 0 Å². The van der Waals surface area contributed by atoms with Crippen molar-refractivity contribution < 1.29 is 22.7 Å². The van der Waals surface area contributed by atoms with E-state index in [0.29, 0.717) is 16.6 Å². The third kappa shape index (κ3) is 3.03. The fraction of sp³-hybridized carbons (Fsp3) is 0.0625. The van der Waals surface area contributed by atoms with Gasteiger partial charge in [0.15, 0.2) is 5.75 Å². The van der Waals surface area contributed by atoms with Gasteiger partial charge in [-0.2, -0.15) is 13.2 Å². The molecule has 2 N–H and O–H groups in total. The number of benzene rings is 2. The smallest absolute Gasteiger partial charge is 0.409 e. The van der Waals surface area contributed by atoms with Gasteiger partial charge in [-0.3, -0.25) is 0 Å². The molecule has 0 bridgehead atoms. The standard InChI is InChI=1S/C16H10ClF3N2O2/c17-12-8-13-9(7-14(12)24-15(21)23)5-6-22(13)11-3-1-10(2-4-11)16(18,19)20/h1-8H,(H2,21,23). The van der Waals surface area contributed by atoms with Crippen LogP contribution in [0.1, 0.15) is 5.56 Å². The molecular formula is C16H10ClF3N2O2. The zero-order chi connectivity index (χ0) is 17.5. The number of nitrogens with two attached hydrogens (primary N) is 1. The lowest BCUT2D eigenvalue weighted by Gasteiger charge is -2.10. The van der Waals surface area contributed by atoms with Gasteiger partial charge in [0.05, 0.1) is 16.1 Å². The molecule has 0 aliphatic heterocycles. The first-order chi connectivity index (χ1) is 11.3. The van der Waals surface area contributed by atoms with Gasteiger partial charge in [-0.25, -0.2) is 4.79 Å². The number of halogens is 4. The average Bonchev–Trinajstić information content (AvgIpc) is 2.89. The van der Waals surface area contributed by atoms with E-state index in [9.17, 15) is 18.0 Å². The number of nitrogens with zero attached hydrogens (tertiary/aromatic N) is 1. The number of alkyl halides is 3. The number of ether oxygens (including phenoxy) is 1. The summed E-state index contributed by atoms with van der Waals surface area (Å²) in [5.41, 5.74) is 5.43. The van der Waals surface area contributed by atoms with Crippen LogP contribution in [0.2, 0.25) is 5.02 Å². The Morgan fingerprint density at radius 3 is 2.38 bits per heavy atom. The summed E-state index contributed by atoms with van der Waals surface area (Å²) in [5.74, 6) is 0.113. The number of fused-ring (bicyclic) bond motifs is 1. The van der Waals surface area contributed by atoms with Gasteiger partial charge in [-0.05, 0) is 42.5 Å². The van der Waals surface area contributed by atoms with Gasteiger partial charge in [0.1, 0.15) is 0 Å². The number of primary amides is 1. The Balaban J connectivity index is 2.04. The topological polar surface area (TPSA) is 57.3 Å². The van der Waals surface area contributed by atoms with E-state index >= 15 is 0 Å². The molecule has 1 aromatic heterocycles. The first-order valence-electron chi connectivity index (χ1n) is 6.71. The minimum atomic E-state index is -4.39. The fourth-order valence-electron chi connectivity index (χ4n) is 2.36. The van der Waals surface area contributed by atoms with E-state index in [0.717, 1.165) is 12.1 Å². The number of amides is 1. The Kier molecular flexibility index (Phi) is 3.88. The van der Waals surface area contributed by atoms with E-state index in [4.69, 9.17) is 22.1 Å². The van der Waals surface area contributed by atoms with Crippen LogP contribution in [0.5, 0.6) is 5.75 Å². The van der Waals surface area contributed by atoms with Crippen molar-refractivity contribution in [2.45, 2.75) is 6.18 Å². The first-order valence-corrected chi connectivity index (χ1v) is 7.09. The molecule has 0 radical (unpaired) electrons. The predicted octanol–water partition coefficient (Wildman–Crippen LogP) is 4.76. The summed E-state index contributed by atoms with van der Waals surface area (Å²) in [7, 11) is 0. The zero-order valence-corrected chi connectivity index (χ0v) is 12.7. The molecule has 0 saturated heterocycles. The lowest BCUT2D eigenvalue weighted by atomic mass is 10.2. The monoisotopic (exact) mass is 354 g/mol. The van der Waals surface area contributed by atoms with Crippen LogP contribution in [-0.4, -0.2) is 10.7 Å². The zero-order valence-electron chi connectivity index (χ0n) is 12.0. The van der Waals surface area contributed by atoms with Gasteiger partial charge in [0.2, 0.25) is 0 Å². The van der Waals surface area contributed by atoms with E-state index in [1.165, 1.54) is 18.2 Å². The number of hydrogen-bond donors (Lipinski definition) is 1. The molecule has 0 saturated carbocycles. The second-order valence-corrected chi connectivity index (χ2v) is 5.40. The molecule has 0 aliphatic rings. The van der Waals surface area contributed by atoms with E-state index in [-0.39, 0.29) is 10.8 Å². The van der Waals surface area contributed by atoms with Crippen LogP contribution in [0, 0.1) is 0 Å². The van der Waals surface area contributed by atoms with Crippen LogP contribution in [0.4, 0.5) is 18.0 Å². The summed E-state index contributed by atoms with van der Waals surface area (Å²) in [6.07, 6.45) is -3.70. The van der Waals surface area contributed by atoms with Gasteiger partial charge in [-0.15, -0.1) is 0 Å². The van der Waals surface area contributed by atoms with Crippen molar-refractivity contribution in [2.24, 2.45) is 5.73 Å². The van der Waals surface area contributed by atoms with Crippen molar-refractivity contribution in [1.82, 2.24) is 4.57 Å². The molecule has 0 spiro atoms. The minimum Gasteiger partial charge on any atom is -0.409 e. The van der Waals surface area contributed by atoms with Crippen LogP contribution >= 0.6 is 11.6 Å². The molecule has 1 heterocycles. The predicted molar refractivity (Wildman–Crippen MR) is 83.5 cm³/mol. The second kappa shape index (κ2) is 5.76. The van der Waals surface area contributed by atoms with Crippen molar-refractivity contribution in [3.8, 4) is 11.4 Å². The number of carbonyl (C=O) groups excluding carboxylic acids is 1. The maximum Gasteiger partial charge on any atom is 0.416 e. The molecule has 8 heteroatoms. The van der Waals surface area contributed by atoms with Crippen molar-refractivity contribution in [3.05, 3.63) is 59.2 Å². The van der Waals surface area contributed by atoms with Gasteiger partial charge in [0, 0.05) is 17.3 Å². The van der Waals surface area contributed by atoms with Gasteiger partial charge < -0.3 is 15.0 Å². The Morgan fingerprint density at radius 2 is 1.79 bits per heavy atom. The number of hydrogen-bond acceptors (Lipinski definition) is 2. The molecule has 0 aliphatic carbocycles. The van der Waals surface area contributed by atoms with Crippen molar-refractivity contribution >= 4 is 28.6 Å². The maximum atomic E-state index is 12.6. The Morgan fingerprint density at radius 1 is 1.12 bits per heavy atom. The molecule has 4 nitrogen and oxygen atoms in total. The van der Waals surface area contributed by atoms with Gasteiger partial charge in [0.25, 0.3) is 0 Å². The van der Waals surface area contributed by atoms with Crippen LogP contribution in [0.25, 0.3) is 16.6 Å². The largest absolute Gasteiger partial charge is 0.416 e. The normalized spacial score (nSPS) is 11.7. The molecular weight excluding hydrogens is 345 g/mol. The Bertz CT molecular complexity index is 917. The van der Waals surface area contributed by atoms with Gasteiger partial charge >= 0.3 is 12.3 Å². The fourth-order valence-corrected chi connectivity index (χ4v) is 2.56. The summed E-state index contributed by atoms with van der Waals surface area (Å²) in [6.45, 7) is 0. The lowest BCUT2D eigenvalue weighted by molar-refractivity contribution is -0.137. The Labute approximate surface area is 139 Å². The molecule has 0 unspecified atom stereocenters. The third-order valence-electron chi connectivity index (χ3n) is 3.43. The third-order valence-corrected chi connectivity index (χ3v) is 3.72. The second-order valence-electron chi connectivity index (χ2n) is 4.99. The van der Waals surface area contributed by atoms with E-state index < -0.39 is 17.8 Å². The average molecular weight is 355 g/mol. The highest BCUT2D eigenvalue weighted by Gasteiger charge is 2.30. The number of rotatable bonds is 2. The molecule has 3 aromatic rings. The summed E-state index contributed by atoms with van der Waals surface area (Å²) in [5, 5.41) is 0.851. The summed E-state index contributed by atoms with van der Waals surface area (Å²) in [6, 6.07) is 9.54. The molecule has 3 rings (SSSR count). The van der Waals surface area contributed by atoms with E-state index in [2.05, 4.69) is 0 Å². The Hall–Kier alpha value is -2.67. The van der Waals surface area contributed by atoms with E-state index in [1.807, 2.05) is 0 Å². The maximum absolute atomic E-state index is 12.6. The van der Waals surface area contributed by atoms with E-state index in [1.54, 1.807) is 22.9 Å². The molecule has 1 amide bonds. The first kappa shape index (κ1) is 16.2. The highest BCUT2D eigenvalue weighted by atomic mass is 35.5. The van der Waals surface area contributed by atoms with Crippen LogP contribution < -0.4 is 10.5 Å². The SMILES string of the molecule is NC(=O)Oc1cc2ccn(-c3ccc(C(F)(F)F)cc3)c2cc1Cl. The van der Waals surface area contributed by atoms with Crippen molar-refractivity contribution in [2.75, 3.05) is 0 Å². The quantitative estimate of drug-likeness (QED) is 0.721. The van der Waals surface area contributed by atoms with Crippen LogP contribution in [0.3, 0.4) is 0 Å². The highest BCUT2D eigenvalue weighted by Crippen LogP contribution is 2.33. The highest BCUT2D eigenvalue weighted by molar-refractivity contribution is 6.33. The number of carbonyl (C=O) groups is 1. The minimum absolute atomic E-state index is 0.113. The summed E-state index contributed by atoms with van der Waals surface area (Å²) < 4.78 is 44.4. The molecule has 2 aromatic carbocycles. The molecule has 0 fully saturated rings.